The van der Waals surface area contributed by atoms with Crippen LogP contribution in [0.3, 0.4) is 0 Å². The van der Waals surface area contributed by atoms with Gasteiger partial charge in [-0.2, -0.15) is 0 Å². The van der Waals surface area contributed by atoms with Gasteiger partial charge in [-0.3, -0.25) is 10.1 Å². The topological polar surface area (TPSA) is 67.8 Å². The first kappa shape index (κ1) is 20.5. The van der Waals surface area contributed by atoms with Gasteiger partial charge in [-0.05, 0) is 18.1 Å². The minimum Gasteiger partial charge on any atom is -0.295 e. The van der Waals surface area contributed by atoms with Crippen molar-refractivity contribution < 1.29 is 4.79 Å². The number of hydrogen-bond donors (Lipinski definition) is 1. The molecule has 4 rings (SSSR count). The third-order valence-electron chi connectivity index (χ3n) is 4.02. The molecular weight excluding hydrogens is 432 g/mol. The third-order valence-corrected chi connectivity index (χ3v) is 6.97. The van der Waals surface area contributed by atoms with Crippen molar-refractivity contribution in [2.24, 2.45) is 0 Å². The summed E-state index contributed by atoms with van der Waals surface area (Å²) >= 11 is 4.45. The predicted octanol–water partition coefficient (Wildman–Crippen LogP) is 6.03. The number of aromatic nitrogens is 3. The predicted molar refractivity (Wildman–Crippen MR) is 126 cm³/mol. The van der Waals surface area contributed by atoms with E-state index in [9.17, 15) is 4.79 Å². The van der Waals surface area contributed by atoms with Crippen LogP contribution in [0.15, 0.2) is 71.1 Å². The van der Waals surface area contributed by atoms with Gasteiger partial charge in [0, 0.05) is 5.75 Å². The van der Waals surface area contributed by atoms with E-state index in [0.29, 0.717) is 10.8 Å². The van der Waals surface area contributed by atoms with Crippen LogP contribution in [-0.2, 0) is 0 Å². The summed E-state index contributed by atoms with van der Waals surface area (Å²) in [5.74, 6) is 0.510. The smallest absolute Gasteiger partial charge is 0.277 e. The lowest BCUT2D eigenvalue weighted by atomic mass is 10.1. The van der Waals surface area contributed by atoms with Crippen molar-refractivity contribution in [2.45, 2.75) is 11.3 Å². The minimum absolute atomic E-state index is 0.269. The Morgan fingerprint density at radius 3 is 2.53 bits per heavy atom. The van der Waals surface area contributed by atoms with Crippen LogP contribution in [0.25, 0.3) is 16.5 Å². The maximum absolute atomic E-state index is 12.8. The van der Waals surface area contributed by atoms with Crippen molar-refractivity contribution in [3.8, 4) is 10.4 Å². The Hall–Kier alpha value is -2.81. The average molecular weight is 451 g/mol. The molecule has 1 amide bonds. The van der Waals surface area contributed by atoms with Gasteiger partial charge in [0.15, 0.2) is 4.34 Å². The Morgan fingerprint density at radius 1 is 1.03 bits per heavy atom. The van der Waals surface area contributed by atoms with E-state index >= 15 is 0 Å². The van der Waals surface area contributed by atoms with E-state index in [0.717, 1.165) is 31.1 Å². The molecule has 0 bridgehead atoms. The van der Waals surface area contributed by atoms with Gasteiger partial charge in [0.2, 0.25) is 5.13 Å². The van der Waals surface area contributed by atoms with E-state index in [2.05, 4.69) is 44.8 Å². The van der Waals surface area contributed by atoms with Crippen molar-refractivity contribution in [3.63, 3.8) is 0 Å². The molecule has 2 aromatic heterocycles. The highest BCUT2D eigenvalue weighted by Gasteiger charge is 2.19. The van der Waals surface area contributed by atoms with Gasteiger partial charge >= 0.3 is 0 Å². The number of nitrogens with one attached hydrogen (secondary N) is 1. The van der Waals surface area contributed by atoms with Crippen LogP contribution in [0.5, 0.6) is 0 Å². The Labute approximate surface area is 186 Å². The van der Waals surface area contributed by atoms with Gasteiger partial charge < -0.3 is 0 Å². The first-order valence-electron chi connectivity index (χ1n) is 9.21. The second-order valence-corrected chi connectivity index (χ2v) is 9.68. The molecule has 150 valence electrons. The lowest BCUT2D eigenvalue weighted by molar-refractivity contribution is 0.102. The molecule has 0 radical (unpaired) electrons. The Bertz CT molecular complexity index is 1150. The zero-order valence-electron chi connectivity index (χ0n) is 16.1. The van der Waals surface area contributed by atoms with Gasteiger partial charge in [0.25, 0.3) is 5.91 Å². The van der Waals surface area contributed by atoms with Gasteiger partial charge in [-0.15, -0.1) is 21.5 Å². The zero-order valence-corrected chi connectivity index (χ0v) is 18.6. The van der Waals surface area contributed by atoms with Crippen molar-refractivity contribution in [1.82, 2.24) is 15.2 Å². The number of thioether (sulfide) groups is 1. The molecule has 8 heteroatoms. The highest BCUT2D eigenvalue weighted by Crippen LogP contribution is 2.31. The van der Waals surface area contributed by atoms with Crippen LogP contribution in [-0.4, -0.2) is 26.8 Å². The molecule has 0 aliphatic carbocycles. The van der Waals surface area contributed by atoms with Crippen LogP contribution in [0.1, 0.15) is 21.1 Å². The minimum atomic E-state index is -0.269. The number of carbonyl (C=O) groups is 1. The zero-order chi connectivity index (χ0) is 20.8. The maximum Gasteiger partial charge on any atom is 0.277 e. The first-order valence-corrected chi connectivity index (χ1v) is 11.8. The van der Waals surface area contributed by atoms with Gasteiger partial charge in [-0.1, -0.05) is 95.9 Å². The van der Waals surface area contributed by atoms with Crippen molar-refractivity contribution in [1.29, 1.82) is 0 Å². The number of carbonyl (C=O) groups excluding carboxylic acids is 1. The summed E-state index contributed by atoms with van der Waals surface area (Å²) in [6.45, 7) is 1.90. The molecule has 2 aromatic carbocycles. The summed E-state index contributed by atoms with van der Waals surface area (Å²) in [7, 11) is 0. The monoisotopic (exact) mass is 450 g/mol. The second-order valence-electron chi connectivity index (χ2n) is 6.23. The molecule has 2 heterocycles. The number of amides is 1. The number of rotatable bonds is 7. The molecule has 30 heavy (non-hydrogen) atoms. The lowest BCUT2D eigenvalue weighted by Gasteiger charge is -2.02. The Kier molecular flexibility index (Phi) is 6.68. The fourth-order valence-electron chi connectivity index (χ4n) is 2.71. The van der Waals surface area contributed by atoms with Crippen molar-refractivity contribution in [3.05, 3.63) is 83.0 Å². The van der Waals surface area contributed by atoms with E-state index in [-0.39, 0.29) is 5.91 Å². The highest BCUT2D eigenvalue weighted by atomic mass is 32.2. The number of thiazole rings is 1. The standard InChI is InChI=1S/C22H18N4OS3/c1-15-23-18(19(29-15)17-12-6-3-7-13-17)20(27)24-21-25-26-22(30-21)28-14-8-11-16-9-4-2-5-10-16/h2-13H,14H2,1H3,(H,24,25,27)/b11-8+. The fourth-order valence-corrected chi connectivity index (χ4v) is 5.21. The van der Waals surface area contributed by atoms with Crippen LogP contribution in [0, 0.1) is 6.92 Å². The average Bonchev–Trinajstić information content (AvgIpc) is 3.39. The van der Waals surface area contributed by atoms with E-state index in [1.807, 2.05) is 55.5 Å². The molecule has 4 aromatic rings. The van der Waals surface area contributed by atoms with E-state index in [1.165, 1.54) is 22.7 Å². The number of nitrogens with zero attached hydrogens (tertiary/aromatic N) is 3. The Balaban J connectivity index is 1.38. The first-order chi connectivity index (χ1) is 14.7. The van der Waals surface area contributed by atoms with E-state index in [4.69, 9.17) is 0 Å². The summed E-state index contributed by atoms with van der Waals surface area (Å²) in [6, 6.07) is 20.0. The fraction of sp³-hybridized carbons (Fsp3) is 0.0909. The second kappa shape index (κ2) is 9.80. The van der Waals surface area contributed by atoms with Crippen molar-refractivity contribution in [2.75, 3.05) is 11.1 Å². The summed E-state index contributed by atoms with van der Waals surface area (Å²) in [4.78, 5) is 18.1. The number of anilines is 1. The molecule has 0 spiro atoms. The normalized spacial score (nSPS) is 11.1. The van der Waals surface area contributed by atoms with E-state index < -0.39 is 0 Å². The molecule has 1 N–H and O–H groups in total. The molecule has 5 nitrogen and oxygen atoms in total. The van der Waals surface area contributed by atoms with Crippen LogP contribution >= 0.6 is 34.4 Å². The summed E-state index contributed by atoms with van der Waals surface area (Å²) in [5, 5.41) is 12.4. The largest absolute Gasteiger partial charge is 0.295 e. The summed E-state index contributed by atoms with van der Waals surface area (Å²) in [6.07, 6.45) is 4.16. The van der Waals surface area contributed by atoms with Gasteiger partial charge in [-0.25, -0.2) is 4.98 Å². The molecule has 0 fully saturated rings. The molecule has 0 aliphatic heterocycles. The highest BCUT2D eigenvalue weighted by molar-refractivity contribution is 8.01. The van der Waals surface area contributed by atoms with Gasteiger partial charge in [0.1, 0.15) is 5.69 Å². The molecule has 0 unspecified atom stereocenters. The summed E-state index contributed by atoms with van der Waals surface area (Å²) in [5.41, 5.74) is 2.56. The molecule has 0 aliphatic rings. The van der Waals surface area contributed by atoms with Crippen LogP contribution in [0.2, 0.25) is 0 Å². The molecular formula is C22H18N4OS3. The van der Waals surface area contributed by atoms with Crippen LogP contribution < -0.4 is 5.32 Å². The molecule has 0 saturated heterocycles. The van der Waals surface area contributed by atoms with E-state index in [1.54, 1.807) is 11.8 Å². The molecule has 0 atom stereocenters. The SMILES string of the molecule is Cc1nc(C(=O)Nc2nnc(SC/C=C/c3ccccc3)s2)c(-c2ccccc2)s1. The van der Waals surface area contributed by atoms with Gasteiger partial charge in [0.05, 0.1) is 9.88 Å². The number of benzene rings is 2. The molecule has 0 saturated carbocycles. The quantitative estimate of drug-likeness (QED) is 0.275. The third kappa shape index (κ3) is 5.21. The number of aryl methyl sites for hydroxylation is 1. The van der Waals surface area contributed by atoms with Crippen molar-refractivity contribution >= 4 is 51.6 Å². The Morgan fingerprint density at radius 2 is 1.77 bits per heavy atom. The van der Waals surface area contributed by atoms with Crippen LogP contribution in [0.4, 0.5) is 5.13 Å². The lowest BCUT2D eigenvalue weighted by Crippen LogP contribution is -2.13. The number of hydrogen-bond acceptors (Lipinski definition) is 7. The maximum atomic E-state index is 12.8. The summed E-state index contributed by atoms with van der Waals surface area (Å²) < 4.78 is 0.806.